The van der Waals surface area contributed by atoms with Crippen molar-refractivity contribution < 1.29 is 19.7 Å². The first-order chi connectivity index (χ1) is 12.5. The number of aliphatic hydroxyl groups is 2. The van der Waals surface area contributed by atoms with Crippen LogP contribution in [0.25, 0.3) is 5.69 Å². The molecule has 1 aromatic heterocycles. The van der Waals surface area contributed by atoms with E-state index in [9.17, 15) is 4.79 Å². The largest absolute Gasteiger partial charge is 0.488 e. The summed E-state index contributed by atoms with van der Waals surface area (Å²) in [6.45, 7) is 1.70. The summed E-state index contributed by atoms with van der Waals surface area (Å²) in [5.41, 5.74) is 2.98. The number of benzene rings is 2. The fourth-order valence-electron chi connectivity index (χ4n) is 2.43. The predicted molar refractivity (Wildman–Crippen MR) is 96.4 cm³/mol. The molecule has 0 atom stereocenters. The molecular weight excluding hydrogens is 334 g/mol. The first-order valence-electron chi connectivity index (χ1n) is 8.04. The lowest BCUT2D eigenvalue weighted by molar-refractivity contribution is -0.0680. The Morgan fingerprint density at radius 2 is 1.96 bits per heavy atom. The van der Waals surface area contributed by atoms with E-state index in [1.165, 1.54) is 0 Å². The molecule has 7 nitrogen and oxygen atoms in total. The van der Waals surface area contributed by atoms with Crippen molar-refractivity contribution in [2.75, 3.05) is 11.9 Å². The van der Waals surface area contributed by atoms with Gasteiger partial charge in [-0.2, -0.15) is 5.10 Å². The molecule has 0 fully saturated rings. The highest BCUT2D eigenvalue weighted by molar-refractivity contribution is 6.04. The smallest absolute Gasteiger partial charge is 0.255 e. The topological polar surface area (TPSA) is 96.6 Å². The fraction of sp³-hybridized carbons (Fsp3) is 0.158. The van der Waals surface area contributed by atoms with Crippen molar-refractivity contribution in [3.8, 4) is 11.4 Å². The van der Waals surface area contributed by atoms with E-state index in [0.29, 0.717) is 17.0 Å². The maximum atomic E-state index is 12.4. The standard InChI is InChI=1S/C19H19N3O4/c1-13-9-10-20-22(13)16-7-5-15(6-8-16)21-19(25)14-3-2-4-17(11-14)26-12-18(23)24/h2-11,18,23-24H,12H2,1H3,(H,21,25). The number of aryl methyl sites for hydroxylation is 1. The number of aliphatic hydroxyl groups excluding tert-OH is 1. The normalized spacial score (nSPS) is 10.8. The van der Waals surface area contributed by atoms with Crippen molar-refractivity contribution in [2.45, 2.75) is 13.2 Å². The Kier molecular flexibility index (Phi) is 5.31. The summed E-state index contributed by atoms with van der Waals surface area (Å²) >= 11 is 0. The Balaban J connectivity index is 1.68. The van der Waals surface area contributed by atoms with Crippen molar-refractivity contribution in [1.82, 2.24) is 9.78 Å². The lowest BCUT2D eigenvalue weighted by Gasteiger charge is -2.10. The summed E-state index contributed by atoms with van der Waals surface area (Å²) in [4.78, 5) is 12.4. The van der Waals surface area contributed by atoms with E-state index in [4.69, 9.17) is 14.9 Å². The first-order valence-corrected chi connectivity index (χ1v) is 8.04. The van der Waals surface area contributed by atoms with Crippen LogP contribution in [0.2, 0.25) is 0 Å². The van der Waals surface area contributed by atoms with Crippen LogP contribution in [0.1, 0.15) is 16.1 Å². The van der Waals surface area contributed by atoms with Gasteiger partial charge < -0.3 is 20.3 Å². The van der Waals surface area contributed by atoms with E-state index < -0.39 is 6.29 Å². The van der Waals surface area contributed by atoms with Crippen molar-refractivity contribution in [3.05, 3.63) is 72.1 Å². The fourth-order valence-corrected chi connectivity index (χ4v) is 2.43. The number of anilines is 1. The minimum Gasteiger partial charge on any atom is -0.488 e. The molecule has 0 spiro atoms. The zero-order valence-electron chi connectivity index (χ0n) is 14.2. The summed E-state index contributed by atoms with van der Waals surface area (Å²) in [7, 11) is 0. The number of hydrogen-bond acceptors (Lipinski definition) is 5. The third-order valence-corrected chi connectivity index (χ3v) is 3.70. The van der Waals surface area contributed by atoms with E-state index in [1.54, 1.807) is 42.6 Å². The van der Waals surface area contributed by atoms with Crippen LogP contribution < -0.4 is 10.1 Å². The Morgan fingerprint density at radius 1 is 1.19 bits per heavy atom. The van der Waals surface area contributed by atoms with Gasteiger partial charge in [-0.1, -0.05) is 6.07 Å². The monoisotopic (exact) mass is 353 g/mol. The maximum Gasteiger partial charge on any atom is 0.255 e. The number of amides is 1. The Hall–Kier alpha value is -3.16. The average molecular weight is 353 g/mol. The van der Waals surface area contributed by atoms with Gasteiger partial charge in [0.05, 0.1) is 5.69 Å². The molecule has 1 amide bonds. The molecule has 7 heteroatoms. The molecule has 3 aromatic rings. The van der Waals surface area contributed by atoms with Gasteiger partial charge in [0.25, 0.3) is 5.91 Å². The second-order valence-electron chi connectivity index (χ2n) is 5.70. The average Bonchev–Trinajstić information content (AvgIpc) is 3.07. The van der Waals surface area contributed by atoms with E-state index >= 15 is 0 Å². The second kappa shape index (κ2) is 7.81. The van der Waals surface area contributed by atoms with Crippen molar-refractivity contribution in [2.24, 2.45) is 0 Å². The molecule has 0 aliphatic carbocycles. The van der Waals surface area contributed by atoms with Gasteiger partial charge in [-0.05, 0) is 55.5 Å². The van der Waals surface area contributed by atoms with Crippen LogP contribution in [-0.2, 0) is 0 Å². The quantitative estimate of drug-likeness (QED) is 0.590. The number of nitrogens with zero attached hydrogens (tertiary/aromatic N) is 2. The molecule has 134 valence electrons. The SMILES string of the molecule is Cc1ccnn1-c1ccc(NC(=O)c2cccc(OCC(O)O)c2)cc1. The van der Waals surface area contributed by atoms with E-state index in [2.05, 4.69) is 10.4 Å². The highest BCUT2D eigenvalue weighted by atomic mass is 16.5. The predicted octanol–water partition coefficient (Wildman–Crippen LogP) is 2.12. The highest BCUT2D eigenvalue weighted by Gasteiger charge is 2.09. The molecular formula is C19H19N3O4. The number of carbonyl (C=O) groups is 1. The Morgan fingerprint density at radius 3 is 2.62 bits per heavy atom. The lowest BCUT2D eigenvalue weighted by Crippen LogP contribution is -2.16. The van der Waals surface area contributed by atoms with Gasteiger partial charge in [-0.3, -0.25) is 4.79 Å². The molecule has 0 aliphatic heterocycles. The van der Waals surface area contributed by atoms with Crippen molar-refractivity contribution in [1.29, 1.82) is 0 Å². The molecule has 3 rings (SSSR count). The number of ether oxygens (including phenoxy) is 1. The van der Waals surface area contributed by atoms with Crippen LogP contribution in [0.3, 0.4) is 0 Å². The third kappa shape index (κ3) is 4.27. The first kappa shape index (κ1) is 17.7. The van der Waals surface area contributed by atoms with Crippen LogP contribution in [0.5, 0.6) is 5.75 Å². The minimum absolute atomic E-state index is 0.265. The molecule has 0 bridgehead atoms. The number of rotatable bonds is 6. The van der Waals surface area contributed by atoms with Gasteiger partial charge >= 0.3 is 0 Å². The zero-order chi connectivity index (χ0) is 18.5. The zero-order valence-corrected chi connectivity index (χ0v) is 14.2. The van der Waals surface area contributed by atoms with Crippen LogP contribution in [0.4, 0.5) is 5.69 Å². The van der Waals surface area contributed by atoms with Gasteiger partial charge in [0, 0.05) is 23.1 Å². The number of hydrogen-bond donors (Lipinski definition) is 3. The second-order valence-corrected chi connectivity index (χ2v) is 5.70. The van der Waals surface area contributed by atoms with Crippen molar-refractivity contribution in [3.63, 3.8) is 0 Å². The Bertz CT molecular complexity index is 888. The van der Waals surface area contributed by atoms with E-state index in [-0.39, 0.29) is 12.5 Å². The lowest BCUT2D eigenvalue weighted by atomic mass is 10.2. The van der Waals surface area contributed by atoms with Crippen LogP contribution in [0.15, 0.2) is 60.8 Å². The molecule has 0 radical (unpaired) electrons. The summed E-state index contributed by atoms with van der Waals surface area (Å²) in [6, 6.07) is 15.8. The molecule has 0 saturated heterocycles. The molecule has 0 saturated carbocycles. The highest BCUT2D eigenvalue weighted by Crippen LogP contribution is 2.17. The van der Waals surface area contributed by atoms with Crippen LogP contribution in [-0.4, -0.2) is 38.8 Å². The van der Waals surface area contributed by atoms with Crippen LogP contribution >= 0.6 is 0 Å². The molecule has 2 aromatic carbocycles. The third-order valence-electron chi connectivity index (χ3n) is 3.70. The Labute approximate surface area is 150 Å². The van der Waals surface area contributed by atoms with Gasteiger partial charge in [0.2, 0.25) is 0 Å². The summed E-state index contributed by atoms with van der Waals surface area (Å²) in [6.07, 6.45) is 0.167. The number of aromatic nitrogens is 2. The minimum atomic E-state index is -1.57. The molecule has 0 aliphatic rings. The van der Waals surface area contributed by atoms with Gasteiger partial charge in [0.1, 0.15) is 12.4 Å². The van der Waals surface area contributed by atoms with Gasteiger partial charge in [-0.25, -0.2) is 4.68 Å². The van der Waals surface area contributed by atoms with Crippen LogP contribution in [0, 0.1) is 6.92 Å². The maximum absolute atomic E-state index is 12.4. The summed E-state index contributed by atoms with van der Waals surface area (Å²) < 4.78 is 6.99. The number of carbonyl (C=O) groups excluding carboxylic acids is 1. The van der Waals surface area contributed by atoms with E-state index in [0.717, 1.165) is 11.4 Å². The molecule has 0 unspecified atom stereocenters. The van der Waals surface area contributed by atoms with Gasteiger partial charge in [-0.15, -0.1) is 0 Å². The summed E-state index contributed by atoms with van der Waals surface area (Å²) in [5, 5.41) is 24.7. The van der Waals surface area contributed by atoms with Crippen molar-refractivity contribution >= 4 is 11.6 Å². The van der Waals surface area contributed by atoms with Gasteiger partial charge in [0.15, 0.2) is 6.29 Å². The van der Waals surface area contributed by atoms with E-state index in [1.807, 2.05) is 29.8 Å². The molecule has 26 heavy (non-hydrogen) atoms. The molecule has 3 N–H and O–H groups in total. The summed E-state index contributed by atoms with van der Waals surface area (Å²) in [5.74, 6) is 0.0956. The number of nitrogens with one attached hydrogen (secondary N) is 1. The molecule has 1 heterocycles.